The van der Waals surface area contributed by atoms with Gasteiger partial charge in [-0.25, -0.2) is 0 Å². The summed E-state index contributed by atoms with van der Waals surface area (Å²) in [6.07, 6.45) is 6.97. The van der Waals surface area contributed by atoms with Crippen molar-refractivity contribution in [3.8, 4) is 0 Å². The predicted octanol–water partition coefficient (Wildman–Crippen LogP) is 1.33. The molecule has 2 rings (SSSR count). The molecule has 0 aromatic heterocycles. The molecule has 1 N–H and O–H groups in total. The van der Waals surface area contributed by atoms with Crippen molar-refractivity contribution in [2.75, 3.05) is 6.61 Å². The Morgan fingerprint density at radius 3 is 2.82 bits per heavy atom. The van der Waals surface area contributed by atoms with Gasteiger partial charge in [0.25, 0.3) is 0 Å². The van der Waals surface area contributed by atoms with E-state index in [0.717, 1.165) is 12.3 Å². The van der Waals surface area contributed by atoms with Gasteiger partial charge in [0.2, 0.25) is 0 Å². The third-order valence-corrected chi connectivity index (χ3v) is 2.98. The van der Waals surface area contributed by atoms with Crippen LogP contribution in [-0.2, 0) is 4.74 Å². The minimum absolute atomic E-state index is 0.156. The zero-order chi connectivity index (χ0) is 7.68. The molecule has 0 unspecified atom stereocenters. The van der Waals surface area contributed by atoms with Gasteiger partial charge in [-0.1, -0.05) is 12.8 Å². The predicted molar refractivity (Wildman–Crippen MR) is 42.3 cm³/mol. The van der Waals surface area contributed by atoms with E-state index in [1.165, 1.54) is 25.7 Å². The maximum absolute atomic E-state index is 8.89. The van der Waals surface area contributed by atoms with Crippen molar-refractivity contribution in [3.63, 3.8) is 0 Å². The fraction of sp³-hybridized carbons (Fsp3) is 1.00. The number of aliphatic hydroxyl groups is 1. The summed E-state index contributed by atoms with van der Waals surface area (Å²) in [6.45, 7) is 0.215. The molecule has 2 nitrogen and oxygen atoms in total. The van der Waals surface area contributed by atoms with E-state index in [1.807, 2.05) is 0 Å². The second kappa shape index (κ2) is 3.11. The monoisotopic (exact) mass is 156 g/mol. The highest BCUT2D eigenvalue weighted by molar-refractivity contribution is 4.84. The summed E-state index contributed by atoms with van der Waals surface area (Å²) in [5.41, 5.74) is 0. The number of hydrogen-bond donors (Lipinski definition) is 1. The van der Waals surface area contributed by atoms with Crippen LogP contribution in [0.3, 0.4) is 0 Å². The Morgan fingerprint density at radius 1 is 1.27 bits per heavy atom. The first-order valence-corrected chi connectivity index (χ1v) is 4.66. The fourth-order valence-corrected chi connectivity index (χ4v) is 2.38. The van der Waals surface area contributed by atoms with Crippen molar-refractivity contribution >= 4 is 0 Å². The molecule has 1 saturated carbocycles. The van der Waals surface area contributed by atoms with E-state index in [9.17, 15) is 0 Å². The van der Waals surface area contributed by atoms with Crippen LogP contribution in [0.15, 0.2) is 0 Å². The van der Waals surface area contributed by atoms with E-state index in [1.54, 1.807) is 0 Å². The molecular formula is C9H16O2. The van der Waals surface area contributed by atoms with Gasteiger partial charge >= 0.3 is 0 Å². The van der Waals surface area contributed by atoms with Gasteiger partial charge < -0.3 is 9.84 Å². The number of hydrogen-bond acceptors (Lipinski definition) is 2. The zero-order valence-electron chi connectivity index (χ0n) is 6.83. The molecule has 0 bridgehead atoms. The Labute approximate surface area is 67.6 Å². The van der Waals surface area contributed by atoms with Crippen LogP contribution >= 0.6 is 0 Å². The normalized spacial score (nSPS) is 43.9. The van der Waals surface area contributed by atoms with Crippen molar-refractivity contribution in [2.45, 2.75) is 44.3 Å². The number of fused-ring (bicyclic) bond motifs is 1. The molecule has 0 radical (unpaired) electrons. The average Bonchev–Trinajstić information content (AvgIpc) is 2.46. The highest BCUT2D eigenvalue weighted by Crippen LogP contribution is 2.36. The zero-order valence-corrected chi connectivity index (χ0v) is 6.83. The first-order chi connectivity index (χ1) is 5.40. The largest absolute Gasteiger partial charge is 0.394 e. The molecule has 1 saturated heterocycles. The van der Waals surface area contributed by atoms with Crippen LogP contribution in [0.1, 0.15) is 32.1 Å². The van der Waals surface area contributed by atoms with Crippen molar-refractivity contribution in [2.24, 2.45) is 5.92 Å². The third kappa shape index (κ3) is 1.42. The average molecular weight is 156 g/mol. The van der Waals surface area contributed by atoms with Gasteiger partial charge in [-0.2, -0.15) is 0 Å². The van der Waals surface area contributed by atoms with E-state index in [-0.39, 0.29) is 12.7 Å². The minimum Gasteiger partial charge on any atom is -0.394 e. The first kappa shape index (κ1) is 7.56. The molecule has 0 aromatic rings. The minimum atomic E-state index is 0.156. The van der Waals surface area contributed by atoms with Crippen LogP contribution in [-0.4, -0.2) is 23.9 Å². The molecule has 0 amide bonds. The molecule has 3 atom stereocenters. The Balaban J connectivity index is 1.92. The lowest BCUT2D eigenvalue weighted by molar-refractivity contribution is -0.00558. The highest BCUT2D eigenvalue weighted by Gasteiger charge is 2.35. The van der Waals surface area contributed by atoms with Crippen LogP contribution in [0.2, 0.25) is 0 Å². The van der Waals surface area contributed by atoms with Gasteiger partial charge in [0.05, 0.1) is 18.8 Å². The Morgan fingerprint density at radius 2 is 2.09 bits per heavy atom. The molecule has 2 fully saturated rings. The second-order valence-corrected chi connectivity index (χ2v) is 3.76. The molecular weight excluding hydrogens is 140 g/mol. The smallest absolute Gasteiger partial charge is 0.0813 e. The Bertz CT molecular complexity index is 122. The summed E-state index contributed by atoms with van der Waals surface area (Å²) in [7, 11) is 0. The summed E-state index contributed by atoms with van der Waals surface area (Å²) < 4.78 is 5.66. The number of aliphatic hydroxyl groups excluding tert-OH is 1. The van der Waals surface area contributed by atoms with Crippen LogP contribution < -0.4 is 0 Å². The Kier molecular flexibility index (Phi) is 2.14. The second-order valence-electron chi connectivity index (χ2n) is 3.76. The third-order valence-electron chi connectivity index (χ3n) is 2.98. The van der Waals surface area contributed by atoms with Gasteiger partial charge in [0.15, 0.2) is 0 Å². The topological polar surface area (TPSA) is 29.5 Å². The van der Waals surface area contributed by atoms with E-state index in [4.69, 9.17) is 9.84 Å². The standard InChI is InChI=1S/C9H16O2/c10-6-8-5-7-3-1-2-4-9(7)11-8/h7-10H,1-6H2/t7-,8+,9-/m1/s1. The van der Waals surface area contributed by atoms with E-state index >= 15 is 0 Å². The molecule has 2 aliphatic rings. The quantitative estimate of drug-likeness (QED) is 0.620. The van der Waals surface area contributed by atoms with Crippen LogP contribution in [0, 0.1) is 5.92 Å². The molecule has 1 heterocycles. The van der Waals surface area contributed by atoms with Crippen molar-refractivity contribution < 1.29 is 9.84 Å². The van der Waals surface area contributed by atoms with Gasteiger partial charge in [0.1, 0.15) is 0 Å². The fourth-order valence-electron chi connectivity index (χ4n) is 2.38. The van der Waals surface area contributed by atoms with Gasteiger partial charge in [-0.05, 0) is 25.2 Å². The van der Waals surface area contributed by atoms with Gasteiger partial charge in [0, 0.05) is 0 Å². The molecule has 64 valence electrons. The van der Waals surface area contributed by atoms with Gasteiger partial charge in [-0.15, -0.1) is 0 Å². The lowest BCUT2D eigenvalue weighted by atomic mass is 9.85. The maximum atomic E-state index is 8.89. The summed E-state index contributed by atoms with van der Waals surface area (Å²) in [6, 6.07) is 0. The van der Waals surface area contributed by atoms with Crippen molar-refractivity contribution in [1.29, 1.82) is 0 Å². The van der Waals surface area contributed by atoms with Crippen molar-refractivity contribution in [1.82, 2.24) is 0 Å². The van der Waals surface area contributed by atoms with Gasteiger partial charge in [-0.3, -0.25) is 0 Å². The van der Waals surface area contributed by atoms with Crippen LogP contribution in [0.25, 0.3) is 0 Å². The van der Waals surface area contributed by atoms with E-state index < -0.39 is 0 Å². The molecule has 1 aliphatic carbocycles. The SMILES string of the molecule is OC[C@@H]1C[C@H]2CCCC[C@H]2O1. The van der Waals surface area contributed by atoms with Crippen LogP contribution in [0.4, 0.5) is 0 Å². The number of rotatable bonds is 1. The molecule has 0 aromatic carbocycles. The first-order valence-electron chi connectivity index (χ1n) is 4.66. The summed E-state index contributed by atoms with van der Waals surface area (Å²) in [5.74, 6) is 0.765. The molecule has 11 heavy (non-hydrogen) atoms. The summed E-state index contributed by atoms with van der Waals surface area (Å²) in [5, 5.41) is 8.89. The summed E-state index contributed by atoms with van der Waals surface area (Å²) >= 11 is 0. The molecule has 0 spiro atoms. The Hall–Kier alpha value is -0.0800. The lowest BCUT2D eigenvalue weighted by Gasteiger charge is -2.23. The summed E-state index contributed by atoms with van der Waals surface area (Å²) in [4.78, 5) is 0. The highest BCUT2D eigenvalue weighted by atomic mass is 16.5. The van der Waals surface area contributed by atoms with E-state index in [2.05, 4.69) is 0 Å². The van der Waals surface area contributed by atoms with Crippen LogP contribution in [0.5, 0.6) is 0 Å². The number of ether oxygens (including phenoxy) is 1. The van der Waals surface area contributed by atoms with Crippen molar-refractivity contribution in [3.05, 3.63) is 0 Å². The lowest BCUT2D eigenvalue weighted by Crippen LogP contribution is -2.20. The molecule has 1 aliphatic heterocycles. The van der Waals surface area contributed by atoms with E-state index in [0.29, 0.717) is 6.10 Å². The maximum Gasteiger partial charge on any atom is 0.0813 e. The molecule has 2 heteroatoms.